The molecule has 1 fully saturated rings. The number of nitrogens with one attached hydrogen (secondary N) is 1. The number of methoxy groups -OCH3 is 1. The Balaban J connectivity index is 2.04. The van der Waals surface area contributed by atoms with Gasteiger partial charge in [0, 0.05) is 28.9 Å². The molecule has 0 bridgehead atoms. The lowest BCUT2D eigenvalue weighted by Gasteiger charge is -2.26. The summed E-state index contributed by atoms with van der Waals surface area (Å²) in [5.74, 6) is -0.798. The van der Waals surface area contributed by atoms with Gasteiger partial charge >= 0.3 is 0 Å². The van der Waals surface area contributed by atoms with E-state index in [1.807, 2.05) is 0 Å². The summed E-state index contributed by atoms with van der Waals surface area (Å²) >= 11 is 0. The second kappa shape index (κ2) is 7.53. The molecule has 0 unspecified atom stereocenters. The van der Waals surface area contributed by atoms with E-state index in [9.17, 15) is 9.18 Å². The van der Waals surface area contributed by atoms with Gasteiger partial charge in [-0.3, -0.25) is 4.79 Å². The lowest BCUT2D eigenvalue weighted by molar-refractivity contribution is -0.118. The maximum atomic E-state index is 14.6. The first-order valence-electron chi connectivity index (χ1n) is 8.57. The Kier molecular flexibility index (Phi) is 5.16. The van der Waals surface area contributed by atoms with Gasteiger partial charge in [-0.15, -0.1) is 0 Å². The average Bonchev–Trinajstić information content (AvgIpc) is 2.64. The summed E-state index contributed by atoms with van der Waals surface area (Å²) in [5, 5.41) is 2.82. The van der Waals surface area contributed by atoms with Gasteiger partial charge < -0.3 is 27.3 Å². The van der Waals surface area contributed by atoms with Gasteiger partial charge in [0.15, 0.2) is 0 Å². The van der Waals surface area contributed by atoms with Crippen LogP contribution in [0.5, 0.6) is 5.88 Å². The number of rotatable bonds is 5. The Hall–Kier alpha value is -3.29. The molecule has 1 heterocycles. The van der Waals surface area contributed by atoms with Crippen LogP contribution < -0.4 is 27.3 Å². The fourth-order valence-electron chi connectivity index (χ4n) is 2.93. The third-order valence-electron chi connectivity index (χ3n) is 4.69. The maximum Gasteiger partial charge on any atom is 0.269 e. The maximum absolute atomic E-state index is 14.6. The molecule has 0 saturated heterocycles. The highest BCUT2D eigenvalue weighted by molar-refractivity contribution is 6.02. The standard InChI is InChI=1S/C19H22FN5O2/c1-27-19-11(6-3-9-24-19)14-13(20)8-7-12(15(14)21)16(22)17(23)18(26)25-10-4-2-5-10/h3,6-10H,2,4-5,21-23H2,1H3,(H,25,26)/b17-16+. The molecule has 1 aromatic carbocycles. The first-order valence-corrected chi connectivity index (χ1v) is 8.57. The molecule has 27 heavy (non-hydrogen) atoms. The van der Waals surface area contributed by atoms with Crippen molar-refractivity contribution in [1.29, 1.82) is 0 Å². The van der Waals surface area contributed by atoms with E-state index in [1.54, 1.807) is 12.1 Å². The van der Waals surface area contributed by atoms with Crippen molar-refractivity contribution >= 4 is 17.3 Å². The third-order valence-corrected chi connectivity index (χ3v) is 4.69. The zero-order valence-electron chi connectivity index (χ0n) is 15.0. The first kappa shape index (κ1) is 18.5. The fraction of sp³-hybridized carbons (Fsp3) is 0.263. The van der Waals surface area contributed by atoms with Crippen molar-refractivity contribution < 1.29 is 13.9 Å². The number of carbonyl (C=O) groups is 1. The zero-order chi connectivity index (χ0) is 19.6. The molecule has 7 N–H and O–H groups in total. The molecule has 1 aliphatic carbocycles. The summed E-state index contributed by atoms with van der Waals surface area (Å²) in [6.45, 7) is 0. The molecule has 142 valence electrons. The molecule has 1 amide bonds. The van der Waals surface area contributed by atoms with E-state index in [4.69, 9.17) is 21.9 Å². The molecule has 0 aliphatic heterocycles. The molecule has 1 saturated carbocycles. The van der Waals surface area contributed by atoms with Crippen molar-refractivity contribution in [2.75, 3.05) is 12.8 Å². The predicted octanol–water partition coefficient (Wildman–Crippen LogP) is 1.73. The number of aromatic nitrogens is 1. The molecule has 0 atom stereocenters. The topological polar surface area (TPSA) is 129 Å². The molecular formula is C19H22FN5O2. The number of nitrogens with two attached hydrogens (primary N) is 3. The normalized spacial score (nSPS) is 14.9. The molecule has 0 radical (unpaired) electrons. The second-order valence-corrected chi connectivity index (χ2v) is 6.37. The van der Waals surface area contributed by atoms with Gasteiger partial charge in [0.1, 0.15) is 11.5 Å². The number of benzene rings is 1. The van der Waals surface area contributed by atoms with Crippen LogP contribution in [0, 0.1) is 5.82 Å². The molecule has 1 aromatic heterocycles. The lowest BCUT2D eigenvalue weighted by Crippen LogP contribution is -2.42. The summed E-state index contributed by atoms with van der Waals surface area (Å²) in [7, 11) is 1.43. The van der Waals surface area contributed by atoms with Gasteiger partial charge in [-0.1, -0.05) is 0 Å². The number of hydrogen-bond acceptors (Lipinski definition) is 6. The molecular weight excluding hydrogens is 349 g/mol. The van der Waals surface area contributed by atoms with E-state index in [0.29, 0.717) is 5.56 Å². The first-order chi connectivity index (χ1) is 12.9. The van der Waals surface area contributed by atoms with Crippen LogP contribution in [0.4, 0.5) is 10.1 Å². The zero-order valence-corrected chi connectivity index (χ0v) is 15.0. The van der Waals surface area contributed by atoms with Gasteiger partial charge in [0.25, 0.3) is 5.91 Å². The molecule has 1 aliphatic rings. The summed E-state index contributed by atoms with van der Waals surface area (Å²) in [6.07, 6.45) is 4.44. The molecule has 0 spiro atoms. The Morgan fingerprint density at radius 1 is 1.30 bits per heavy atom. The van der Waals surface area contributed by atoms with E-state index in [0.717, 1.165) is 19.3 Å². The van der Waals surface area contributed by atoms with Crippen LogP contribution in [0.3, 0.4) is 0 Å². The van der Waals surface area contributed by atoms with Crippen molar-refractivity contribution in [2.24, 2.45) is 11.5 Å². The second-order valence-electron chi connectivity index (χ2n) is 6.37. The number of pyridine rings is 1. The summed E-state index contributed by atoms with van der Waals surface area (Å²) in [6, 6.07) is 6.01. The smallest absolute Gasteiger partial charge is 0.269 e. The van der Waals surface area contributed by atoms with E-state index < -0.39 is 11.7 Å². The highest BCUT2D eigenvalue weighted by Gasteiger charge is 2.23. The number of ether oxygens (including phenoxy) is 1. The SMILES string of the molecule is COc1ncccc1-c1c(F)ccc(/C(N)=C(\N)C(=O)NC2CCC2)c1N. The van der Waals surface area contributed by atoms with Crippen molar-refractivity contribution in [1.82, 2.24) is 10.3 Å². The number of nitrogens with zero attached hydrogens (tertiary/aromatic N) is 1. The van der Waals surface area contributed by atoms with Crippen LogP contribution in [0.15, 0.2) is 36.2 Å². The van der Waals surface area contributed by atoms with E-state index >= 15 is 0 Å². The Bertz CT molecular complexity index is 909. The molecule has 2 aromatic rings. The quantitative estimate of drug-likeness (QED) is 0.468. The fourth-order valence-corrected chi connectivity index (χ4v) is 2.93. The van der Waals surface area contributed by atoms with Crippen LogP contribution in [0.25, 0.3) is 16.8 Å². The number of hydrogen-bond donors (Lipinski definition) is 4. The van der Waals surface area contributed by atoms with Crippen LogP contribution in [-0.4, -0.2) is 24.0 Å². The van der Waals surface area contributed by atoms with Gasteiger partial charge in [-0.25, -0.2) is 9.37 Å². The minimum atomic E-state index is -0.562. The van der Waals surface area contributed by atoms with Gasteiger partial charge in [0.05, 0.1) is 18.5 Å². The molecule has 3 rings (SSSR count). The monoisotopic (exact) mass is 371 g/mol. The van der Waals surface area contributed by atoms with Crippen molar-refractivity contribution in [3.63, 3.8) is 0 Å². The van der Waals surface area contributed by atoms with Crippen molar-refractivity contribution in [3.8, 4) is 17.0 Å². The summed E-state index contributed by atoms with van der Waals surface area (Å²) in [4.78, 5) is 16.3. The van der Waals surface area contributed by atoms with Crippen molar-refractivity contribution in [2.45, 2.75) is 25.3 Å². The van der Waals surface area contributed by atoms with E-state index in [2.05, 4.69) is 10.3 Å². The minimum Gasteiger partial charge on any atom is -0.481 e. The number of anilines is 1. The van der Waals surface area contributed by atoms with E-state index in [-0.39, 0.29) is 40.1 Å². The minimum absolute atomic E-state index is 0.00608. The Morgan fingerprint density at radius 2 is 2.04 bits per heavy atom. The van der Waals surface area contributed by atoms with Crippen molar-refractivity contribution in [3.05, 3.63) is 47.5 Å². The van der Waals surface area contributed by atoms with Crippen LogP contribution in [0.2, 0.25) is 0 Å². The van der Waals surface area contributed by atoms with Crippen LogP contribution >= 0.6 is 0 Å². The van der Waals surface area contributed by atoms with Gasteiger partial charge in [0.2, 0.25) is 5.88 Å². The Morgan fingerprint density at radius 3 is 2.67 bits per heavy atom. The lowest BCUT2D eigenvalue weighted by atomic mass is 9.93. The van der Waals surface area contributed by atoms with Gasteiger partial charge in [-0.05, 0) is 43.5 Å². The average molecular weight is 371 g/mol. The predicted molar refractivity (Wildman–Crippen MR) is 102 cm³/mol. The molecule has 8 heteroatoms. The van der Waals surface area contributed by atoms with Crippen LogP contribution in [-0.2, 0) is 4.79 Å². The largest absolute Gasteiger partial charge is 0.481 e. The number of amides is 1. The summed E-state index contributed by atoms with van der Waals surface area (Å²) in [5.41, 5.74) is 18.9. The van der Waals surface area contributed by atoms with Gasteiger partial charge in [-0.2, -0.15) is 0 Å². The number of nitrogen functional groups attached to an aromatic ring is 1. The highest BCUT2D eigenvalue weighted by atomic mass is 19.1. The summed E-state index contributed by atoms with van der Waals surface area (Å²) < 4.78 is 19.7. The number of carbonyl (C=O) groups excluding carboxylic acids is 1. The number of halogens is 1. The third kappa shape index (κ3) is 3.51. The highest BCUT2D eigenvalue weighted by Crippen LogP contribution is 2.37. The van der Waals surface area contributed by atoms with E-state index in [1.165, 1.54) is 25.4 Å². The van der Waals surface area contributed by atoms with Crippen LogP contribution in [0.1, 0.15) is 24.8 Å². The Labute approximate surface area is 156 Å². The molecule has 7 nitrogen and oxygen atoms in total.